The van der Waals surface area contributed by atoms with Crippen LogP contribution in [0.3, 0.4) is 0 Å². The largest absolute Gasteiger partial charge is 0.381 e. The molecule has 3 heteroatoms. The highest BCUT2D eigenvalue weighted by Crippen LogP contribution is 2.35. The van der Waals surface area contributed by atoms with Crippen molar-refractivity contribution < 1.29 is 4.74 Å². The maximum atomic E-state index is 9.14. The molecule has 2 aliphatic rings. The molecule has 0 amide bonds. The lowest BCUT2D eigenvalue weighted by Crippen LogP contribution is -2.42. The van der Waals surface area contributed by atoms with E-state index < -0.39 is 5.54 Å². The molecule has 0 aliphatic heterocycles. The van der Waals surface area contributed by atoms with Crippen LogP contribution >= 0.6 is 0 Å². The van der Waals surface area contributed by atoms with Crippen LogP contribution in [-0.4, -0.2) is 18.8 Å². The minimum atomic E-state index is -0.575. The van der Waals surface area contributed by atoms with E-state index in [-0.39, 0.29) is 0 Å². The summed E-state index contributed by atoms with van der Waals surface area (Å²) in [5.41, 5.74) is 5.54. The van der Waals surface area contributed by atoms with E-state index in [0.717, 1.165) is 44.8 Å². The van der Waals surface area contributed by atoms with Crippen LogP contribution in [0.25, 0.3) is 0 Å². The van der Waals surface area contributed by atoms with Crippen molar-refractivity contribution in [3.8, 4) is 6.07 Å². The van der Waals surface area contributed by atoms with Gasteiger partial charge in [0, 0.05) is 13.2 Å². The van der Waals surface area contributed by atoms with Crippen LogP contribution in [-0.2, 0) is 4.74 Å². The van der Waals surface area contributed by atoms with Crippen LogP contribution in [0.15, 0.2) is 0 Å². The molecule has 0 radical (unpaired) electrons. The molecule has 2 N–H and O–H groups in total. The number of nitriles is 1. The zero-order valence-corrected chi connectivity index (χ0v) is 11.4. The molecule has 2 unspecified atom stereocenters. The van der Waals surface area contributed by atoms with Gasteiger partial charge in [-0.25, -0.2) is 0 Å². The van der Waals surface area contributed by atoms with Crippen LogP contribution in [0.2, 0.25) is 0 Å². The predicted octanol–water partition coefficient (Wildman–Crippen LogP) is 2.99. The minimum absolute atomic E-state index is 0.342. The summed E-state index contributed by atoms with van der Waals surface area (Å²) in [5.74, 6) is 1.12. The molecule has 0 spiro atoms. The molecule has 18 heavy (non-hydrogen) atoms. The van der Waals surface area contributed by atoms with Gasteiger partial charge in [-0.2, -0.15) is 5.26 Å². The number of ether oxygens (including phenoxy) is 1. The van der Waals surface area contributed by atoms with E-state index in [1.54, 1.807) is 0 Å². The lowest BCUT2D eigenvalue weighted by atomic mass is 9.87. The first-order valence-corrected chi connectivity index (χ1v) is 7.52. The highest BCUT2D eigenvalue weighted by Gasteiger charge is 2.39. The van der Waals surface area contributed by atoms with Gasteiger partial charge in [0.2, 0.25) is 0 Å². The SMILES string of the molecule is N#CC1(N)CCCC1CCOCC1CCCCC1. The van der Waals surface area contributed by atoms with Gasteiger partial charge < -0.3 is 10.5 Å². The smallest absolute Gasteiger partial charge is 0.107 e. The van der Waals surface area contributed by atoms with Crippen LogP contribution < -0.4 is 5.73 Å². The second-order valence-corrected chi connectivity index (χ2v) is 6.11. The summed E-state index contributed by atoms with van der Waals surface area (Å²) in [7, 11) is 0. The van der Waals surface area contributed by atoms with Gasteiger partial charge in [-0.1, -0.05) is 25.7 Å². The molecule has 0 aromatic carbocycles. The summed E-state index contributed by atoms with van der Waals surface area (Å²) in [6.45, 7) is 1.69. The fourth-order valence-corrected chi connectivity index (χ4v) is 3.48. The number of nitrogens with two attached hydrogens (primary N) is 1. The van der Waals surface area contributed by atoms with E-state index in [1.807, 2.05) is 0 Å². The molecule has 0 aromatic heterocycles. The van der Waals surface area contributed by atoms with Crippen LogP contribution in [0.1, 0.15) is 57.8 Å². The van der Waals surface area contributed by atoms with Gasteiger partial charge in [-0.15, -0.1) is 0 Å². The molecule has 3 nitrogen and oxygen atoms in total. The van der Waals surface area contributed by atoms with Gasteiger partial charge in [0.05, 0.1) is 6.07 Å². The molecule has 0 bridgehead atoms. The first-order valence-electron chi connectivity index (χ1n) is 7.52. The highest BCUT2D eigenvalue weighted by atomic mass is 16.5. The standard InChI is InChI=1S/C15H26N2O/c16-12-15(17)9-4-7-14(15)8-10-18-11-13-5-2-1-3-6-13/h13-14H,1-11,17H2. The van der Waals surface area contributed by atoms with Gasteiger partial charge in [0.25, 0.3) is 0 Å². The molecule has 2 atom stereocenters. The van der Waals surface area contributed by atoms with E-state index in [2.05, 4.69) is 6.07 Å². The zero-order chi connectivity index (χ0) is 12.8. The summed E-state index contributed by atoms with van der Waals surface area (Å²) >= 11 is 0. The topological polar surface area (TPSA) is 59.0 Å². The monoisotopic (exact) mass is 250 g/mol. The minimum Gasteiger partial charge on any atom is -0.381 e. The third-order valence-corrected chi connectivity index (χ3v) is 4.77. The first-order chi connectivity index (χ1) is 8.74. The molecule has 0 saturated heterocycles. The Hall–Kier alpha value is -0.590. The Balaban J connectivity index is 1.62. The molecule has 0 aromatic rings. The third kappa shape index (κ3) is 3.46. The van der Waals surface area contributed by atoms with Crippen LogP contribution in [0, 0.1) is 23.2 Å². The Morgan fingerprint density at radius 1 is 1.17 bits per heavy atom. The summed E-state index contributed by atoms with van der Waals surface area (Å²) in [6.07, 6.45) is 10.8. The molecular formula is C15H26N2O. The Bertz CT molecular complexity index is 293. The lowest BCUT2D eigenvalue weighted by Gasteiger charge is -2.25. The fourth-order valence-electron chi connectivity index (χ4n) is 3.48. The third-order valence-electron chi connectivity index (χ3n) is 4.77. The normalized spacial score (nSPS) is 33.4. The van der Waals surface area contributed by atoms with E-state index in [4.69, 9.17) is 15.7 Å². The predicted molar refractivity (Wildman–Crippen MR) is 71.9 cm³/mol. The summed E-state index contributed by atoms with van der Waals surface area (Å²) < 4.78 is 5.81. The summed E-state index contributed by atoms with van der Waals surface area (Å²) in [4.78, 5) is 0. The van der Waals surface area contributed by atoms with Gasteiger partial charge in [-0.3, -0.25) is 0 Å². The second-order valence-electron chi connectivity index (χ2n) is 6.11. The number of nitrogens with zero attached hydrogens (tertiary/aromatic N) is 1. The lowest BCUT2D eigenvalue weighted by molar-refractivity contribution is 0.0729. The van der Waals surface area contributed by atoms with Crippen molar-refractivity contribution in [2.75, 3.05) is 13.2 Å². The van der Waals surface area contributed by atoms with Crippen molar-refractivity contribution in [3.05, 3.63) is 0 Å². The van der Waals surface area contributed by atoms with E-state index >= 15 is 0 Å². The van der Waals surface area contributed by atoms with Gasteiger partial charge in [0.1, 0.15) is 5.54 Å². The summed E-state index contributed by atoms with van der Waals surface area (Å²) in [6, 6.07) is 2.30. The number of hydrogen-bond acceptors (Lipinski definition) is 3. The Kier molecular flexibility index (Phi) is 5.03. The van der Waals surface area contributed by atoms with Crippen LogP contribution in [0.5, 0.6) is 0 Å². The van der Waals surface area contributed by atoms with Crippen molar-refractivity contribution in [2.45, 2.75) is 63.3 Å². The van der Waals surface area contributed by atoms with Crippen molar-refractivity contribution in [1.29, 1.82) is 5.26 Å². The van der Waals surface area contributed by atoms with Crippen molar-refractivity contribution in [1.82, 2.24) is 0 Å². The van der Waals surface area contributed by atoms with Gasteiger partial charge in [0.15, 0.2) is 0 Å². The van der Waals surface area contributed by atoms with Crippen molar-refractivity contribution >= 4 is 0 Å². The average Bonchev–Trinajstić information content (AvgIpc) is 2.78. The van der Waals surface area contributed by atoms with Gasteiger partial charge >= 0.3 is 0 Å². The molecule has 2 fully saturated rings. The Labute approximate surface area is 111 Å². The molecule has 2 rings (SSSR count). The average molecular weight is 250 g/mol. The maximum absolute atomic E-state index is 9.14. The molecular weight excluding hydrogens is 224 g/mol. The Morgan fingerprint density at radius 3 is 2.67 bits per heavy atom. The quantitative estimate of drug-likeness (QED) is 0.763. The second kappa shape index (κ2) is 6.54. The fraction of sp³-hybridized carbons (Fsp3) is 0.933. The van der Waals surface area contributed by atoms with Gasteiger partial charge in [-0.05, 0) is 43.9 Å². The van der Waals surface area contributed by atoms with E-state index in [0.29, 0.717) is 5.92 Å². The molecule has 102 valence electrons. The number of rotatable bonds is 5. The van der Waals surface area contributed by atoms with Crippen LogP contribution in [0.4, 0.5) is 0 Å². The zero-order valence-electron chi connectivity index (χ0n) is 11.4. The molecule has 0 heterocycles. The van der Waals surface area contributed by atoms with E-state index in [1.165, 1.54) is 32.1 Å². The summed E-state index contributed by atoms with van der Waals surface area (Å²) in [5, 5.41) is 9.14. The van der Waals surface area contributed by atoms with Crippen molar-refractivity contribution in [2.24, 2.45) is 17.6 Å². The Morgan fingerprint density at radius 2 is 1.94 bits per heavy atom. The molecule has 2 saturated carbocycles. The molecule has 2 aliphatic carbocycles. The first kappa shape index (κ1) is 13.8. The number of hydrogen-bond donors (Lipinski definition) is 1. The van der Waals surface area contributed by atoms with Crippen molar-refractivity contribution in [3.63, 3.8) is 0 Å². The highest BCUT2D eigenvalue weighted by molar-refractivity contribution is 5.11. The maximum Gasteiger partial charge on any atom is 0.107 e. The van der Waals surface area contributed by atoms with E-state index in [9.17, 15) is 0 Å².